The molecule has 18 heavy (non-hydrogen) atoms. The lowest BCUT2D eigenvalue weighted by Crippen LogP contribution is -2.14. The number of unbranched alkanes of at least 4 members (excludes halogenated alkanes) is 1. The molecule has 0 bridgehead atoms. The molecule has 4 nitrogen and oxygen atoms in total. The summed E-state index contributed by atoms with van der Waals surface area (Å²) >= 11 is 0. The minimum absolute atomic E-state index is 0.121. The van der Waals surface area contributed by atoms with Crippen LogP contribution in [-0.4, -0.2) is 32.3 Å². The SMILES string of the molecule is CCCCOCCOC(=O)CCC(CC)CCN. The minimum atomic E-state index is -0.121. The van der Waals surface area contributed by atoms with E-state index >= 15 is 0 Å². The predicted molar refractivity (Wildman–Crippen MR) is 73.4 cm³/mol. The van der Waals surface area contributed by atoms with Gasteiger partial charge in [-0.15, -0.1) is 0 Å². The molecule has 1 unspecified atom stereocenters. The fraction of sp³-hybridized carbons (Fsp3) is 0.929. The maximum Gasteiger partial charge on any atom is 0.305 e. The number of esters is 1. The maximum absolute atomic E-state index is 11.4. The summed E-state index contributed by atoms with van der Waals surface area (Å²) < 4.78 is 10.4. The Morgan fingerprint density at radius 2 is 1.94 bits per heavy atom. The lowest BCUT2D eigenvalue weighted by atomic mass is 9.97. The Labute approximate surface area is 111 Å². The molecule has 2 N–H and O–H groups in total. The van der Waals surface area contributed by atoms with E-state index in [0.29, 0.717) is 32.1 Å². The molecule has 0 aliphatic carbocycles. The number of carbonyl (C=O) groups excluding carboxylic acids is 1. The van der Waals surface area contributed by atoms with Crippen LogP contribution in [0.3, 0.4) is 0 Å². The van der Waals surface area contributed by atoms with Gasteiger partial charge in [0.05, 0.1) is 6.61 Å². The van der Waals surface area contributed by atoms with Crippen LogP contribution >= 0.6 is 0 Å². The fourth-order valence-electron chi connectivity index (χ4n) is 1.75. The summed E-state index contributed by atoms with van der Waals surface area (Å²) in [5.74, 6) is 0.424. The van der Waals surface area contributed by atoms with Crippen LogP contribution in [0.1, 0.15) is 52.4 Å². The lowest BCUT2D eigenvalue weighted by Gasteiger charge is -2.12. The Bertz CT molecular complexity index is 197. The molecule has 0 aliphatic rings. The average Bonchev–Trinajstić information content (AvgIpc) is 2.38. The second-order valence-corrected chi connectivity index (χ2v) is 4.58. The molecule has 0 aliphatic heterocycles. The van der Waals surface area contributed by atoms with Gasteiger partial charge in [0.1, 0.15) is 6.61 Å². The number of hydrogen-bond donors (Lipinski definition) is 1. The topological polar surface area (TPSA) is 61.5 Å². The van der Waals surface area contributed by atoms with Gasteiger partial charge in [0.25, 0.3) is 0 Å². The first kappa shape index (κ1) is 17.4. The highest BCUT2D eigenvalue weighted by molar-refractivity contribution is 5.69. The van der Waals surface area contributed by atoms with Crippen LogP contribution in [0.15, 0.2) is 0 Å². The Kier molecular flexibility index (Phi) is 12.4. The predicted octanol–water partition coefficient (Wildman–Crippen LogP) is 2.50. The Morgan fingerprint density at radius 1 is 1.17 bits per heavy atom. The third kappa shape index (κ3) is 10.5. The van der Waals surface area contributed by atoms with E-state index in [0.717, 1.165) is 38.7 Å². The van der Waals surface area contributed by atoms with Gasteiger partial charge in [0.2, 0.25) is 0 Å². The molecule has 1 atom stereocenters. The molecule has 0 saturated carbocycles. The van der Waals surface area contributed by atoms with Crippen molar-refractivity contribution in [2.24, 2.45) is 11.7 Å². The van der Waals surface area contributed by atoms with Crippen LogP contribution in [-0.2, 0) is 14.3 Å². The van der Waals surface area contributed by atoms with Crippen LogP contribution in [0, 0.1) is 5.92 Å². The van der Waals surface area contributed by atoms with Gasteiger partial charge in [-0.2, -0.15) is 0 Å². The van der Waals surface area contributed by atoms with E-state index in [1.807, 2.05) is 0 Å². The molecule has 0 spiro atoms. The standard InChI is InChI=1S/C14H29NO3/c1-3-5-10-17-11-12-18-14(16)7-6-13(4-2)8-9-15/h13H,3-12,15H2,1-2H3. The molecule has 0 radical (unpaired) electrons. The van der Waals surface area contributed by atoms with E-state index < -0.39 is 0 Å². The molecule has 0 aromatic carbocycles. The fourth-order valence-corrected chi connectivity index (χ4v) is 1.75. The summed E-state index contributed by atoms with van der Waals surface area (Å²) in [6, 6.07) is 0. The number of carbonyl (C=O) groups is 1. The van der Waals surface area contributed by atoms with Gasteiger partial charge in [-0.25, -0.2) is 0 Å². The van der Waals surface area contributed by atoms with E-state index in [4.69, 9.17) is 15.2 Å². The van der Waals surface area contributed by atoms with Gasteiger partial charge in [-0.05, 0) is 31.7 Å². The highest BCUT2D eigenvalue weighted by atomic mass is 16.6. The Hall–Kier alpha value is -0.610. The molecule has 0 saturated heterocycles. The zero-order valence-corrected chi connectivity index (χ0v) is 12.0. The van der Waals surface area contributed by atoms with Crippen molar-refractivity contribution in [3.05, 3.63) is 0 Å². The molecular formula is C14H29NO3. The molecule has 0 rings (SSSR count). The Balaban J connectivity index is 3.41. The van der Waals surface area contributed by atoms with Crippen molar-refractivity contribution in [1.82, 2.24) is 0 Å². The van der Waals surface area contributed by atoms with E-state index in [2.05, 4.69) is 13.8 Å². The molecular weight excluding hydrogens is 230 g/mol. The zero-order chi connectivity index (χ0) is 13.6. The van der Waals surface area contributed by atoms with Crippen LogP contribution in [0.2, 0.25) is 0 Å². The van der Waals surface area contributed by atoms with E-state index in [1.54, 1.807) is 0 Å². The summed E-state index contributed by atoms with van der Waals surface area (Å²) in [4.78, 5) is 11.4. The maximum atomic E-state index is 11.4. The van der Waals surface area contributed by atoms with Crippen molar-refractivity contribution in [2.75, 3.05) is 26.4 Å². The van der Waals surface area contributed by atoms with Gasteiger partial charge < -0.3 is 15.2 Å². The molecule has 0 heterocycles. The molecule has 108 valence electrons. The van der Waals surface area contributed by atoms with E-state index in [1.165, 1.54) is 0 Å². The lowest BCUT2D eigenvalue weighted by molar-refractivity contribution is -0.145. The second-order valence-electron chi connectivity index (χ2n) is 4.58. The molecule has 0 aromatic rings. The molecule has 4 heteroatoms. The number of nitrogens with two attached hydrogens (primary N) is 1. The number of ether oxygens (including phenoxy) is 2. The van der Waals surface area contributed by atoms with Gasteiger partial charge >= 0.3 is 5.97 Å². The van der Waals surface area contributed by atoms with Crippen molar-refractivity contribution in [1.29, 1.82) is 0 Å². The monoisotopic (exact) mass is 259 g/mol. The van der Waals surface area contributed by atoms with E-state index in [-0.39, 0.29) is 5.97 Å². The first-order valence-electron chi connectivity index (χ1n) is 7.18. The largest absolute Gasteiger partial charge is 0.463 e. The summed E-state index contributed by atoms with van der Waals surface area (Å²) in [5.41, 5.74) is 5.52. The average molecular weight is 259 g/mol. The third-order valence-electron chi connectivity index (χ3n) is 3.04. The quantitative estimate of drug-likeness (QED) is 0.432. The highest BCUT2D eigenvalue weighted by Crippen LogP contribution is 2.14. The van der Waals surface area contributed by atoms with Crippen LogP contribution < -0.4 is 5.73 Å². The number of rotatable bonds is 12. The summed E-state index contributed by atoms with van der Waals surface area (Å²) in [6.07, 6.45) is 5.62. The first-order chi connectivity index (χ1) is 8.74. The van der Waals surface area contributed by atoms with E-state index in [9.17, 15) is 4.79 Å². The smallest absolute Gasteiger partial charge is 0.305 e. The molecule has 0 fully saturated rings. The normalized spacial score (nSPS) is 12.4. The summed E-state index contributed by atoms with van der Waals surface area (Å²) in [6.45, 7) is 6.57. The molecule has 0 aromatic heterocycles. The minimum Gasteiger partial charge on any atom is -0.463 e. The van der Waals surface area contributed by atoms with Crippen LogP contribution in [0.25, 0.3) is 0 Å². The van der Waals surface area contributed by atoms with Crippen molar-refractivity contribution < 1.29 is 14.3 Å². The van der Waals surface area contributed by atoms with Crippen molar-refractivity contribution >= 4 is 5.97 Å². The summed E-state index contributed by atoms with van der Waals surface area (Å²) in [7, 11) is 0. The highest BCUT2D eigenvalue weighted by Gasteiger charge is 2.09. The van der Waals surface area contributed by atoms with Gasteiger partial charge in [0.15, 0.2) is 0 Å². The van der Waals surface area contributed by atoms with Crippen molar-refractivity contribution in [3.63, 3.8) is 0 Å². The Morgan fingerprint density at radius 3 is 2.56 bits per heavy atom. The number of hydrogen-bond acceptors (Lipinski definition) is 4. The first-order valence-corrected chi connectivity index (χ1v) is 7.18. The van der Waals surface area contributed by atoms with Crippen molar-refractivity contribution in [3.8, 4) is 0 Å². The van der Waals surface area contributed by atoms with Gasteiger partial charge in [-0.1, -0.05) is 26.7 Å². The zero-order valence-electron chi connectivity index (χ0n) is 12.0. The third-order valence-corrected chi connectivity index (χ3v) is 3.04. The second kappa shape index (κ2) is 12.8. The summed E-state index contributed by atoms with van der Waals surface area (Å²) in [5, 5.41) is 0. The van der Waals surface area contributed by atoms with Gasteiger partial charge in [0, 0.05) is 13.0 Å². The van der Waals surface area contributed by atoms with Crippen LogP contribution in [0.4, 0.5) is 0 Å². The van der Waals surface area contributed by atoms with Gasteiger partial charge in [-0.3, -0.25) is 4.79 Å². The molecule has 0 amide bonds. The van der Waals surface area contributed by atoms with Crippen LogP contribution in [0.5, 0.6) is 0 Å². The van der Waals surface area contributed by atoms with Crippen molar-refractivity contribution in [2.45, 2.75) is 52.4 Å².